The molecule has 16 heavy (non-hydrogen) atoms. The van der Waals surface area contributed by atoms with Crippen LogP contribution in [-0.4, -0.2) is 37.2 Å². The fraction of sp³-hybridized carbons (Fsp3) is 0.636. The minimum Gasteiger partial charge on any atom is -0.466 e. The maximum atomic E-state index is 11.5. The van der Waals surface area contributed by atoms with E-state index < -0.39 is 6.09 Å². The number of amides is 1. The topological polar surface area (TPSA) is 55.8 Å². The first-order valence-electron chi connectivity index (χ1n) is 5.29. The second-order valence-electron chi connectivity index (χ2n) is 3.62. The molecule has 1 atom stereocenters. The van der Waals surface area contributed by atoms with Gasteiger partial charge in [0.15, 0.2) is 0 Å². The molecular formula is C11H17NO4. The maximum Gasteiger partial charge on any atom is 0.413 e. The lowest BCUT2D eigenvalue weighted by atomic mass is 9.99. The number of ether oxygens (including phenoxy) is 2. The van der Waals surface area contributed by atoms with Crippen molar-refractivity contribution in [2.45, 2.75) is 32.2 Å². The predicted octanol–water partition coefficient (Wildman–Crippen LogP) is 1.68. The third-order valence-electron chi connectivity index (χ3n) is 2.74. The van der Waals surface area contributed by atoms with E-state index in [0.29, 0.717) is 12.0 Å². The Morgan fingerprint density at radius 1 is 1.44 bits per heavy atom. The Kier molecular flexibility index (Phi) is 4.34. The third kappa shape index (κ3) is 2.53. The van der Waals surface area contributed by atoms with Crippen LogP contribution in [0.1, 0.15) is 26.2 Å². The van der Waals surface area contributed by atoms with E-state index >= 15 is 0 Å². The highest BCUT2D eigenvalue weighted by Gasteiger charge is 2.28. The van der Waals surface area contributed by atoms with Crippen molar-refractivity contribution in [3.63, 3.8) is 0 Å². The lowest BCUT2D eigenvalue weighted by Crippen LogP contribution is -2.39. The molecule has 0 saturated carbocycles. The second-order valence-corrected chi connectivity index (χ2v) is 3.62. The number of methoxy groups -OCH3 is 2. The van der Waals surface area contributed by atoms with Gasteiger partial charge in [0.25, 0.3) is 0 Å². The van der Waals surface area contributed by atoms with Gasteiger partial charge in [-0.1, -0.05) is 6.92 Å². The fourth-order valence-electron chi connectivity index (χ4n) is 1.79. The van der Waals surface area contributed by atoms with Crippen molar-refractivity contribution in [3.05, 3.63) is 11.8 Å². The van der Waals surface area contributed by atoms with E-state index in [1.165, 1.54) is 25.3 Å². The molecule has 0 aromatic rings. The molecule has 0 radical (unpaired) electrons. The molecule has 1 rings (SSSR count). The molecule has 5 nitrogen and oxygen atoms in total. The number of nitrogens with zero attached hydrogens (tertiary/aromatic N) is 1. The Labute approximate surface area is 95.0 Å². The van der Waals surface area contributed by atoms with Gasteiger partial charge >= 0.3 is 12.1 Å². The van der Waals surface area contributed by atoms with Crippen LogP contribution in [0.15, 0.2) is 11.8 Å². The van der Waals surface area contributed by atoms with Gasteiger partial charge in [-0.2, -0.15) is 0 Å². The molecule has 1 unspecified atom stereocenters. The molecule has 0 bridgehead atoms. The van der Waals surface area contributed by atoms with Gasteiger partial charge in [-0.25, -0.2) is 9.59 Å². The molecule has 5 heteroatoms. The van der Waals surface area contributed by atoms with Crippen LogP contribution in [0.4, 0.5) is 4.79 Å². The quantitative estimate of drug-likeness (QED) is 0.673. The summed E-state index contributed by atoms with van der Waals surface area (Å²) in [6.07, 6.45) is 3.33. The highest BCUT2D eigenvalue weighted by Crippen LogP contribution is 2.24. The van der Waals surface area contributed by atoms with E-state index in [9.17, 15) is 9.59 Å². The van der Waals surface area contributed by atoms with Crippen molar-refractivity contribution in [3.8, 4) is 0 Å². The van der Waals surface area contributed by atoms with Crippen LogP contribution < -0.4 is 0 Å². The van der Waals surface area contributed by atoms with Gasteiger partial charge in [-0.05, 0) is 19.3 Å². The monoisotopic (exact) mass is 227 g/mol. The van der Waals surface area contributed by atoms with Crippen LogP contribution in [0.25, 0.3) is 0 Å². The molecule has 1 aliphatic heterocycles. The number of hydrogen-bond donors (Lipinski definition) is 0. The lowest BCUT2D eigenvalue weighted by Gasteiger charge is -2.31. The Morgan fingerprint density at radius 3 is 2.62 bits per heavy atom. The van der Waals surface area contributed by atoms with Crippen LogP contribution in [0, 0.1) is 0 Å². The second kappa shape index (κ2) is 5.53. The van der Waals surface area contributed by atoms with E-state index in [0.717, 1.165) is 12.8 Å². The molecule has 0 aromatic heterocycles. The van der Waals surface area contributed by atoms with Gasteiger partial charge in [-0.15, -0.1) is 0 Å². The van der Waals surface area contributed by atoms with Gasteiger partial charge in [0, 0.05) is 12.2 Å². The highest BCUT2D eigenvalue weighted by atomic mass is 16.5. The Balaban J connectivity index is 2.89. The molecule has 0 aromatic carbocycles. The number of carbonyl (C=O) groups excluding carboxylic acids is 2. The normalized spacial score (nSPS) is 20.1. The highest BCUT2D eigenvalue weighted by molar-refractivity contribution is 5.89. The molecule has 1 heterocycles. The average molecular weight is 227 g/mol. The van der Waals surface area contributed by atoms with E-state index in [-0.39, 0.29) is 12.0 Å². The van der Waals surface area contributed by atoms with Gasteiger partial charge in [0.1, 0.15) is 0 Å². The minimum atomic E-state index is -0.437. The zero-order chi connectivity index (χ0) is 12.1. The summed E-state index contributed by atoms with van der Waals surface area (Å²) in [7, 11) is 2.66. The summed E-state index contributed by atoms with van der Waals surface area (Å²) in [4.78, 5) is 24.3. The largest absolute Gasteiger partial charge is 0.466 e. The van der Waals surface area contributed by atoms with Crippen LogP contribution in [0.2, 0.25) is 0 Å². The lowest BCUT2D eigenvalue weighted by molar-refractivity contribution is -0.136. The first-order valence-corrected chi connectivity index (χ1v) is 5.29. The molecule has 0 fully saturated rings. The maximum absolute atomic E-state index is 11.5. The summed E-state index contributed by atoms with van der Waals surface area (Å²) in [6.45, 7) is 2.00. The van der Waals surface area contributed by atoms with E-state index in [4.69, 9.17) is 0 Å². The van der Waals surface area contributed by atoms with Crippen molar-refractivity contribution in [2.75, 3.05) is 14.2 Å². The number of carbonyl (C=O) groups is 2. The fourth-order valence-corrected chi connectivity index (χ4v) is 1.79. The van der Waals surface area contributed by atoms with E-state index in [1.807, 2.05) is 6.92 Å². The Hall–Kier alpha value is -1.52. The SMILES string of the molecule is CCC1CCC(C(=O)OC)=CN1C(=O)OC. The number of hydrogen-bond acceptors (Lipinski definition) is 4. The van der Waals surface area contributed by atoms with Crippen molar-refractivity contribution in [1.29, 1.82) is 0 Å². The summed E-state index contributed by atoms with van der Waals surface area (Å²) >= 11 is 0. The molecular weight excluding hydrogens is 210 g/mol. The van der Waals surface area contributed by atoms with E-state index in [2.05, 4.69) is 9.47 Å². The first kappa shape index (κ1) is 12.5. The van der Waals surface area contributed by atoms with Crippen molar-refractivity contribution in [2.24, 2.45) is 0 Å². The van der Waals surface area contributed by atoms with Gasteiger partial charge in [-0.3, -0.25) is 4.90 Å². The zero-order valence-electron chi connectivity index (χ0n) is 9.86. The van der Waals surface area contributed by atoms with Crippen LogP contribution in [0.3, 0.4) is 0 Å². The van der Waals surface area contributed by atoms with Crippen LogP contribution >= 0.6 is 0 Å². The van der Waals surface area contributed by atoms with Crippen molar-refractivity contribution >= 4 is 12.1 Å². The van der Waals surface area contributed by atoms with Crippen molar-refractivity contribution < 1.29 is 19.1 Å². The van der Waals surface area contributed by atoms with Crippen molar-refractivity contribution in [1.82, 2.24) is 4.90 Å². The molecule has 1 amide bonds. The van der Waals surface area contributed by atoms with Crippen LogP contribution in [0.5, 0.6) is 0 Å². The Bertz CT molecular complexity index is 311. The van der Waals surface area contributed by atoms with Crippen LogP contribution in [-0.2, 0) is 14.3 Å². The van der Waals surface area contributed by atoms with E-state index in [1.54, 1.807) is 0 Å². The summed E-state index contributed by atoms with van der Waals surface area (Å²) in [5, 5.41) is 0. The minimum absolute atomic E-state index is 0.0980. The molecule has 0 aliphatic carbocycles. The molecule has 1 aliphatic rings. The van der Waals surface area contributed by atoms with Gasteiger partial charge in [0.2, 0.25) is 0 Å². The van der Waals surface area contributed by atoms with Gasteiger partial charge < -0.3 is 9.47 Å². The molecule has 0 spiro atoms. The Morgan fingerprint density at radius 2 is 2.12 bits per heavy atom. The predicted molar refractivity (Wildman–Crippen MR) is 57.7 cm³/mol. The molecule has 0 saturated heterocycles. The zero-order valence-corrected chi connectivity index (χ0v) is 9.86. The number of esters is 1. The van der Waals surface area contributed by atoms with Gasteiger partial charge in [0.05, 0.1) is 19.8 Å². The average Bonchev–Trinajstić information content (AvgIpc) is 2.35. The summed E-state index contributed by atoms with van der Waals surface area (Å²) < 4.78 is 9.31. The smallest absolute Gasteiger partial charge is 0.413 e. The standard InChI is InChI=1S/C11H17NO4/c1-4-9-6-5-8(10(13)15-2)7-12(9)11(14)16-3/h7,9H,4-6H2,1-3H3. The molecule has 90 valence electrons. The summed E-state index contributed by atoms with van der Waals surface area (Å²) in [5.41, 5.74) is 0.512. The molecule has 0 N–H and O–H groups in total. The summed E-state index contributed by atoms with van der Waals surface area (Å²) in [5.74, 6) is -0.386. The third-order valence-corrected chi connectivity index (χ3v) is 2.74. The summed E-state index contributed by atoms with van der Waals surface area (Å²) in [6, 6.07) is 0.0980. The first-order chi connectivity index (χ1) is 7.63. The number of rotatable bonds is 2.